The van der Waals surface area contributed by atoms with E-state index in [2.05, 4.69) is 45.0 Å². The number of carbonyl (C=O) groups excluding carboxylic acids is 1. The van der Waals surface area contributed by atoms with Crippen LogP contribution in [0.5, 0.6) is 0 Å². The van der Waals surface area contributed by atoms with Gasteiger partial charge in [0.2, 0.25) is 0 Å². The summed E-state index contributed by atoms with van der Waals surface area (Å²) in [6, 6.07) is 40.7. The topological polar surface area (TPSA) is 81.7 Å². The maximum Gasteiger partial charge on any atom is 0.261 e. The number of Topliss-reactive ketones (excluding diaryl/α,β-unsaturated/α-hetero) is 1. The Hall–Kier alpha value is -3.51. The van der Waals surface area contributed by atoms with E-state index in [-0.39, 0.29) is 37.4 Å². The average molecular weight is 725 g/mol. The number of ketones is 1. The fourth-order valence-corrected chi connectivity index (χ4v) is 12.4. The molecule has 6 rings (SSSR count). The van der Waals surface area contributed by atoms with Crippen molar-refractivity contribution >= 4 is 24.5 Å². The van der Waals surface area contributed by atoms with Gasteiger partial charge in [0.05, 0.1) is 25.7 Å². The van der Waals surface area contributed by atoms with Crippen molar-refractivity contribution in [1.82, 2.24) is 0 Å². The van der Waals surface area contributed by atoms with E-state index in [9.17, 15) is 4.79 Å². The van der Waals surface area contributed by atoms with E-state index in [0.29, 0.717) is 6.61 Å². The second-order valence-corrected chi connectivity index (χ2v) is 19.5. The first-order chi connectivity index (χ1) is 25.0. The van der Waals surface area contributed by atoms with Crippen molar-refractivity contribution in [2.24, 2.45) is 5.92 Å². The van der Waals surface area contributed by atoms with Gasteiger partial charge in [-0.1, -0.05) is 142 Å². The summed E-state index contributed by atoms with van der Waals surface area (Å²) in [5, 5.41) is 1.92. The predicted octanol–water partition coefficient (Wildman–Crippen LogP) is 6.44. The Balaban J connectivity index is 1.46. The number of benzene rings is 4. The first-order valence-electron chi connectivity index (χ1n) is 18.1. The van der Waals surface area contributed by atoms with Crippen molar-refractivity contribution in [3.8, 4) is 0 Å². The lowest BCUT2D eigenvalue weighted by molar-refractivity contribution is -0.273. The maximum absolute atomic E-state index is 14.9. The molecule has 2 fully saturated rings. The largest absolute Gasteiger partial charge is 0.407 e. The van der Waals surface area contributed by atoms with Gasteiger partial charge in [-0.25, -0.2) is 0 Å². The summed E-state index contributed by atoms with van der Waals surface area (Å²) in [6.07, 6.45) is -2.65. The van der Waals surface area contributed by atoms with Crippen molar-refractivity contribution in [3.63, 3.8) is 0 Å². The van der Waals surface area contributed by atoms with E-state index >= 15 is 0 Å². The van der Waals surface area contributed by atoms with Gasteiger partial charge in [0, 0.05) is 13.7 Å². The van der Waals surface area contributed by atoms with Crippen molar-refractivity contribution in [1.29, 1.82) is 0 Å². The monoisotopic (exact) mass is 724 g/mol. The summed E-state index contributed by atoms with van der Waals surface area (Å²) in [5.74, 6) is -2.03. The minimum atomic E-state index is -3.06. The van der Waals surface area contributed by atoms with Gasteiger partial charge in [0.1, 0.15) is 30.7 Å². The first-order valence-corrected chi connectivity index (χ1v) is 20.0. The van der Waals surface area contributed by atoms with Crippen LogP contribution in [0.2, 0.25) is 5.04 Å². The first kappa shape index (κ1) is 38.2. The summed E-state index contributed by atoms with van der Waals surface area (Å²) >= 11 is 0. The van der Waals surface area contributed by atoms with Gasteiger partial charge in [0.25, 0.3) is 8.32 Å². The SMILES string of the molecule is COCO[C@@H]1[C@H](CO[Si](c2ccccc2)(c2ccccc2)C(C)(C)C)C(=O)[C@@H]2OC(C)(C)O[C@@H]2[C@@]1(COCc1ccccc1)OCc1ccccc1. The molecule has 276 valence electrons. The Morgan fingerprint density at radius 2 is 1.25 bits per heavy atom. The summed E-state index contributed by atoms with van der Waals surface area (Å²) < 4.78 is 46.2. The molecular weight excluding hydrogens is 673 g/mol. The average Bonchev–Trinajstić information content (AvgIpc) is 3.49. The van der Waals surface area contributed by atoms with E-state index in [1.165, 1.54) is 0 Å². The molecule has 0 spiro atoms. The standard InChI is InChI=1S/C43H52O8Si/c1-41(2,3)52(34-23-15-9-16-24-34,35-25-17-10-18-26-35)49-29-36-37(44)38-40(51-42(4,5)50-38)43(39(36)47-31-45-6,48-28-33-21-13-8-14-22-33)30-46-27-32-19-11-7-12-20-32/h7-26,36,38-40H,27-31H2,1-6H3/t36-,38+,39-,40+,43+/m1/s1. The highest BCUT2D eigenvalue weighted by atomic mass is 28.4. The molecule has 52 heavy (non-hydrogen) atoms. The number of hydrogen-bond acceptors (Lipinski definition) is 8. The molecule has 4 aromatic carbocycles. The second kappa shape index (κ2) is 16.2. The Morgan fingerprint density at radius 1 is 0.731 bits per heavy atom. The van der Waals surface area contributed by atoms with Gasteiger partial charge in [-0.2, -0.15) is 0 Å². The number of fused-ring (bicyclic) bond motifs is 1. The zero-order valence-electron chi connectivity index (χ0n) is 31.2. The second-order valence-electron chi connectivity index (χ2n) is 15.2. The van der Waals surface area contributed by atoms with Crippen LogP contribution < -0.4 is 10.4 Å². The predicted molar refractivity (Wildman–Crippen MR) is 203 cm³/mol. The van der Waals surface area contributed by atoms with Crippen molar-refractivity contribution in [2.45, 2.75) is 82.6 Å². The smallest absolute Gasteiger partial charge is 0.261 e. The van der Waals surface area contributed by atoms with E-state index < -0.39 is 43.9 Å². The number of methoxy groups -OCH3 is 1. The Kier molecular flexibility index (Phi) is 11.9. The molecule has 1 aliphatic heterocycles. The van der Waals surface area contributed by atoms with Gasteiger partial charge >= 0.3 is 0 Å². The van der Waals surface area contributed by atoms with Crippen molar-refractivity contribution in [3.05, 3.63) is 132 Å². The Bertz CT molecular complexity index is 1670. The Morgan fingerprint density at radius 3 is 1.77 bits per heavy atom. The van der Waals surface area contributed by atoms with Gasteiger partial charge in [0.15, 0.2) is 11.6 Å². The van der Waals surface area contributed by atoms with E-state index in [0.717, 1.165) is 21.5 Å². The minimum Gasteiger partial charge on any atom is -0.407 e. The lowest BCUT2D eigenvalue weighted by Crippen LogP contribution is -2.72. The van der Waals surface area contributed by atoms with Gasteiger partial charge < -0.3 is 32.8 Å². The quantitative estimate of drug-likeness (QED) is 0.102. The highest BCUT2D eigenvalue weighted by Crippen LogP contribution is 2.47. The molecule has 8 nitrogen and oxygen atoms in total. The number of hydrogen-bond donors (Lipinski definition) is 0. The summed E-state index contributed by atoms with van der Waals surface area (Å²) in [6.45, 7) is 10.9. The van der Waals surface area contributed by atoms with Crippen LogP contribution in [0.25, 0.3) is 0 Å². The molecule has 1 saturated heterocycles. The lowest BCUT2D eigenvalue weighted by atomic mass is 9.71. The van der Waals surface area contributed by atoms with E-state index in [1.807, 2.05) is 111 Å². The highest BCUT2D eigenvalue weighted by molar-refractivity contribution is 6.99. The van der Waals surface area contributed by atoms with Crippen LogP contribution >= 0.6 is 0 Å². The van der Waals surface area contributed by atoms with Crippen LogP contribution in [-0.4, -0.2) is 70.9 Å². The van der Waals surface area contributed by atoms with E-state index in [4.69, 9.17) is 32.8 Å². The molecule has 1 aliphatic carbocycles. The molecule has 4 aromatic rings. The Labute approximate surface area is 309 Å². The molecule has 0 bridgehead atoms. The summed E-state index contributed by atoms with van der Waals surface area (Å²) in [4.78, 5) is 14.9. The zero-order chi connectivity index (χ0) is 36.8. The number of rotatable bonds is 15. The van der Waals surface area contributed by atoms with Gasteiger partial charge in [-0.05, 0) is 40.4 Å². The molecule has 1 heterocycles. The summed E-state index contributed by atoms with van der Waals surface area (Å²) in [7, 11) is -1.49. The van der Waals surface area contributed by atoms with Gasteiger partial charge in [-0.3, -0.25) is 4.79 Å². The molecule has 5 atom stereocenters. The normalized spacial score (nSPS) is 24.5. The molecular formula is C43H52O8Si. The van der Waals surface area contributed by atoms with Crippen molar-refractivity contribution in [2.75, 3.05) is 27.1 Å². The molecule has 1 saturated carbocycles. The molecule has 0 amide bonds. The zero-order valence-corrected chi connectivity index (χ0v) is 32.2. The van der Waals surface area contributed by atoms with Crippen LogP contribution in [-0.2, 0) is 50.9 Å². The fraction of sp³-hybridized carbons (Fsp3) is 0.419. The van der Waals surface area contributed by atoms with Crippen LogP contribution in [0.1, 0.15) is 45.7 Å². The van der Waals surface area contributed by atoms with Crippen molar-refractivity contribution < 1.29 is 37.6 Å². The van der Waals surface area contributed by atoms with Gasteiger partial charge in [-0.15, -0.1) is 0 Å². The molecule has 2 aliphatic rings. The third-order valence-corrected chi connectivity index (χ3v) is 15.1. The van der Waals surface area contributed by atoms with Crippen LogP contribution in [0.3, 0.4) is 0 Å². The molecule has 0 radical (unpaired) electrons. The van der Waals surface area contributed by atoms with Crippen LogP contribution in [0, 0.1) is 5.92 Å². The minimum absolute atomic E-state index is 0.0582. The molecule has 9 heteroatoms. The molecule has 0 aromatic heterocycles. The third kappa shape index (κ3) is 7.88. The fourth-order valence-electron chi connectivity index (χ4n) is 7.80. The molecule has 0 N–H and O–H groups in total. The molecule has 0 unspecified atom stereocenters. The maximum atomic E-state index is 14.9. The number of ether oxygens (including phenoxy) is 6. The van der Waals surface area contributed by atoms with Crippen LogP contribution in [0.15, 0.2) is 121 Å². The highest BCUT2D eigenvalue weighted by Gasteiger charge is 2.67. The summed E-state index contributed by atoms with van der Waals surface area (Å²) in [5.41, 5.74) is 0.672. The van der Waals surface area contributed by atoms with E-state index in [1.54, 1.807) is 7.11 Å². The third-order valence-electron chi connectivity index (χ3n) is 10.1. The van der Waals surface area contributed by atoms with Crippen LogP contribution in [0.4, 0.5) is 0 Å². The lowest BCUT2D eigenvalue weighted by Gasteiger charge is -2.51. The number of carbonyl (C=O) groups is 1.